The van der Waals surface area contributed by atoms with Crippen LogP contribution in [0, 0.1) is 0 Å². The molecule has 1 aromatic heterocycles. The summed E-state index contributed by atoms with van der Waals surface area (Å²) in [5.74, 6) is 0.125. The van der Waals surface area contributed by atoms with Crippen LogP contribution in [-0.4, -0.2) is 18.0 Å². The zero-order chi connectivity index (χ0) is 12.3. The van der Waals surface area contributed by atoms with Gasteiger partial charge < -0.3 is 11.1 Å². The van der Waals surface area contributed by atoms with E-state index in [1.807, 2.05) is 12.1 Å². The Labute approximate surface area is 126 Å². The molecule has 0 spiro atoms. The minimum Gasteiger partial charge on any atom is -0.353 e. The standard InChI is InChI=1S/C12H17BrN2OS.ClH/c13-11-6-5-10(17-11)7-12(16)15-9-3-1-8(14)2-4-9;/h5-6,8-9H,1-4,7,14H2,(H,15,16);1H. The van der Waals surface area contributed by atoms with Crippen molar-refractivity contribution in [3.63, 3.8) is 0 Å². The Balaban J connectivity index is 0.00000162. The average molecular weight is 354 g/mol. The first-order valence-corrected chi connectivity index (χ1v) is 7.53. The molecule has 0 aliphatic heterocycles. The Bertz CT molecular complexity index is 391. The molecule has 1 saturated carbocycles. The van der Waals surface area contributed by atoms with Crippen molar-refractivity contribution < 1.29 is 4.79 Å². The van der Waals surface area contributed by atoms with Crippen LogP contribution >= 0.6 is 39.7 Å². The number of hydrogen-bond acceptors (Lipinski definition) is 3. The maximum atomic E-state index is 11.8. The van der Waals surface area contributed by atoms with E-state index in [0.29, 0.717) is 18.5 Å². The van der Waals surface area contributed by atoms with Gasteiger partial charge in [-0.3, -0.25) is 4.79 Å². The zero-order valence-corrected chi connectivity index (χ0v) is 13.2. The van der Waals surface area contributed by atoms with Gasteiger partial charge in [-0.1, -0.05) is 0 Å². The first kappa shape index (κ1) is 16.0. The minimum atomic E-state index is 0. The fourth-order valence-corrected chi connectivity index (χ4v) is 3.63. The average Bonchev–Trinajstić information content (AvgIpc) is 2.67. The summed E-state index contributed by atoms with van der Waals surface area (Å²) in [6.07, 6.45) is 4.56. The molecule has 18 heavy (non-hydrogen) atoms. The molecule has 1 aliphatic rings. The van der Waals surface area contributed by atoms with Crippen molar-refractivity contribution in [2.24, 2.45) is 5.73 Å². The van der Waals surface area contributed by atoms with Gasteiger partial charge in [0, 0.05) is 17.0 Å². The van der Waals surface area contributed by atoms with Crippen LogP contribution in [0.3, 0.4) is 0 Å². The van der Waals surface area contributed by atoms with Crippen molar-refractivity contribution in [3.05, 3.63) is 20.8 Å². The third-order valence-electron chi connectivity index (χ3n) is 3.10. The van der Waals surface area contributed by atoms with Gasteiger partial charge in [0.25, 0.3) is 0 Å². The lowest BCUT2D eigenvalue weighted by Gasteiger charge is -2.26. The summed E-state index contributed by atoms with van der Waals surface area (Å²) in [5.41, 5.74) is 5.84. The van der Waals surface area contributed by atoms with Crippen LogP contribution in [0.2, 0.25) is 0 Å². The first-order valence-electron chi connectivity index (χ1n) is 5.92. The van der Waals surface area contributed by atoms with Crippen LogP contribution in [0.5, 0.6) is 0 Å². The third kappa shape index (κ3) is 4.88. The lowest BCUT2D eigenvalue weighted by molar-refractivity contribution is -0.121. The normalized spacial score (nSPS) is 23.2. The van der Waals surface area contributed by atoms with Gasteiger partial charge in [0.05, 0.1) is 10.2 Å². The van der Waals surface area contributed by atoms with Crippen LogP contribution in [0.15, 0.2) is 15.9 Å². The molecule has 0 atom stereocenters. The highest BCUT2D eigenvalue weighted by Crippen LogP contribution is 2.22. The number of carbonyl (C=O) groups excluding carboxylic acids is 1. The number of amides is 1. The number of rotatable bonds is 3. The molecular weight excluding hydrogens is 336 g/mol. The Morgan fingerprint density at radius 2 is 2.06 bits per heavy atom. The van der Waals surface area contributed by atoms with Gasteiger partial charge in [0.15, 0.2) is 0 Å². The molecule has 2 rings (SSSR count). The van der Waals surface area contributed by atoms with E-state index in [9.17, 15) is 4.79 Å². The van der Waals surface area contributed by atoms with E-state index in [1.54, 1.807) is 11.3 Å². The van der Waals surface area contributed by atoms with Crippen molar-refractivity contribution >= 4 is 45.6 Å². The van der Waals surface area contributed by atoms with Gasteiger partial charge in [0.1, 0.15) is 0 Å². The highest BCUT2D eigenvalue weighted by atomic mass is 79.9. The monoisotopic (exact) mass is 352 g/mol. The molecule has 1 aliphatic carbocycles. The van der Waals surface area contributed by atoms with Crippen LogP contribution < -0.4 is 11.1 Å². The highest BCUT2D eigenvalue weighted by molar-refractivity contribution is 9.11. The molecule has 0 bridgehead atoms. The van der Waals surface area contributed by atoms with E-state index in [2.05, 4.69) is 21.2 Å². The maximum absolute atomic E-state index is 11.8. The molecule has 1 fully saturated rings. The molecule has 3 N–H and O–H groups in total. The van der Waals surface area contributed by atoms with Crippen LogP contribution in [0.1, 0.15) is 30.6 Å². The maximum Gasteiger partial charge on any atom is 0.225 e. The fourth-order valence-electron chi connectivity index (χ4n) is 2.15. The highest BCUT2D eigenvalue weighted by Gasteiger charge is 2.20. The number of nitrogens with two attached hydrogens (primary N) is 1. The van der Waals surface area contributed by atoms with E-state index in [0.717, 1.165) is 34.3 Å². The summed E-state index contributed by atoms with van der Waals surface area (Å²) >= 11 is 5.01. The molecule has 1 aromatic rings. The molecule has 0 radical (unpaired) electrons. The molecule has 1 heterocycles. The molecule has 102 valence electrons. The van der Waals surface area contributed by atoms with Gasteiger partial charge in [-0.2, -0.15) is 0 Å². The minimum absolute atomic E-state index is 0. The van der Waals surface area contributed by atoms with Crippen molar-refractivity contribution in [1.29, 1.82) is 0 Å². The van der Waals surface area contributed by atoms with Gasteiger partial charge >= 0.3 is 0 Å². The van der Waals surface area contributed by atoms with E-state index >= 15 is 0 Å². The van der Waals surface area contributed by atoms with E-state index in [1.165, 1.54) is 0 Å². The number of hydrogen-bond donors (Lipinski definition) is 2. The molecule has 0 unspecified atom stereocenters. The smallest absolute Gasteiger partial charge is 0.225 e. The second-order valence-electron chi connectivity index (χ2n) is 4.56. The van der Waals surface area contributed by atoms with Gasteiger partial charge in [0.2, 0.25) is 5.91 Å². The summed E-state index contributed by atoms with van der Waals surface area (Å²) < 4.78 is 1.07. The van der Waals surface area contributed by atoms with Gasteiger partial charge in [-0.05, 0) is 53.7 Å². The zero-order valence-electron chi connectivity index (χ0n) is 10.0. The molecule has 0 saturated heterocycles. The van der Waals surface area contributed by atoms with E-state index in [-0.39, 0.29) is 18.3 Å². The van der Waals surface area contributed by atoms with Crippen molar-refractivity contribution in [2.75, 3.05) is 0 Å². The van der Waals surface area contributed by atoms with Crippen molar-refractivity contribution in [3.8, 4) is 0 Å². The molecule has 0 aromatic carbocycles. The SMILES string of the molecule is Cl.NC1CCC(NC(=O)Cc2ccc(Br)s2)CC1. The predicted octanol–water partition coefficient (Wildman–Crippen LogP) is 2.86. The lowest BCUT2D eigenvalue weighted by atomic mass is 9.92. The topological polar surface area (TPSA) is 55.1 Å². The van der Waals surface area contributed by atoms with Crippen LogP contribution in [0.25, 0.3) is 0 Å². The lowest BCUT2D eigenvalue weighted by Crippen LogP contribution is -2.40. The number of halogens is 2. The number of thiophene rings is 1. The summed E-state index contributed by atoms with van der Waals surface area (Å²) in [5, 5.41) is 3.09. The summed E-state index contributed by atoms with van der Waals surface area (Å²) in [7, 11) is 0. The molecule has 3 nitrogen and oxygen atoms in total. The Morgan fingerprint density at radius 3 is 2.61 bits per heavy atom. The quantitative estimate of drug-likeness (QED) is 0.878. The summed E-state index contributed by atoms with van der Waals surface area (Å²) in [4.78, 5) is 12.9. The van der Waals surface area contributed by atoms with Gasteiger partial charge in [-0.15, -0.1) is 23.7 Å². The Hall–Kier alpha value is -0.100. The first-order chi connectivity index (χ1) is 8.13. The van der Waals surface area contributed by atoms with E-state index in [4.69, 9.17) is 5.73 Å². The van der Waals surface area contributed by atoms with Crippen molar-refractivity contribution in [2.45, 2.75) is 44.2 Å². The van der Waals surface area contributed by atoms with E-state index < -0.39 is 0 Å². The predicted molar refractivity (Wildman–Crippen MR) is 81.3 cm³/mol. The fraction of sp³-hybridized carbons (Fsp3) is 0.583. The summed E-state index contributed by atoms with van der Waals surface area (Å²) in [6, 6.07) is 4.62. The Kier molecular flexibility index (Phi) is 6.63. The van der Waals surface area contributed by atoms with Crippen LogP contribution in [0.4, 0.5) is 0 Å². The molecular formula is C12H18BrClN2OS. The van der Waals surface area contributed by atoms with Gasteiger partial charge in [-0.25, -0.2) is 0 Å². The third-order valence-corrected chi connectivity index (χ3v) is 4.72. The molecule has 1 amide bonds. The number of nitrogens with one attached hydrogen (secondary N) is 1. The molecule has 6 heteroatoms. The van der Waals surface area contributed by atoms with Crippen molar-refractivity contribution in [1.82, 2.24) is 5.32 Å². The Morgan fingerprint density at radius 1 is 1.39 bits per heavy atom. The largest absolute Gasteiger partial charge is 0.353 e. The summed E-state index contributed by atoms with van der Waals surface area (Å²) in [6.45, 7) is 0. The number of carbonyl (C=O) groups is 1. The second-order valence-corrected chi connectivity index (χ2v) is 7.11. The van der Waals surface area contributed by atoms with Crippen LogP contribution in [-0.2, 0) is 11.2 Å². The second kappa shape index (κ2) is 7.48.